The third-order valence-electron chi connectivity index (χ3n) is 6.90. The van der Waals surface area contributed by atoms with E-state index in [-0.39, 0.29) is 11.9 Å². The fourth-order valence-corrected chi connectivity index (χ4v) is 5.05. The van der Waals surface area contributed by atoms with Gasteiger partial charge in [-0.2, -0.15) is 9.97 Å². The molecule has 0 bridgehead atoms. The van der Waals surface area contributed by atoms with E-state index in [0.717, 1.165) is 56.6 Å². The lowest BCUT2D eigenvalue weighted by molar-refractivity contribution is -0.126. The van der Waals surface area contributed by atoms with Gasteiger partial charge in [-0.3, -0.25) is 4.79 Å². The van der Waals surface area contributed by atoms with Crippen LogP contribution in [0.25, 0.3) is 11.0 Å². The van der Waals surface area contributed by atoms with E-state index in [1.54, 1.807) is 6.20 Å². The van der Waals surface area contributed by atoms with Gasteiger partial charge in [-0.15, -0.1) is 0 Å². The maximum atomic E-state index is 12.4. The normalized spacial score (nSPS) is 18.4. The molecule has 0 spiro atoms. The second kappa shape index (κ2) is 11.3. The summed E-state index contributed by atoms with van der Waals surface area (Å²) in [4.78, 5) is 31.6. The number of nitrogens with one attached hydrogen (secondary N) is 3. The topological polar surface area (TPSA) is 92.4 Å². The van der Waals surface area contributed by atoms with Crippen LogP contribution in [0.3, 0.4) is 0 Å². The van der Waals surface area contributed by atoms with Crippen LogP contribution in [-0.2, 0) is 4.79 Å². The van der Waals surface area contributed by atoms with Crippen LogP contribution >= 0.6 is 11.6 Å². The molecule has 5 rings (SSSR count). The number of anilines is 4. The number of aromatic nitrogens is 3. The first-order valence-corrected chi connectivity index (χ1v) is 13.3. The minimum Gasteiger partial charge on any atom is -0.369 e. The monoisotopic (exact) mass is 520 g/mol. The zero-order chi connectivity index (χ0) is 25.8. The number of piperazine rings is 1. The molecule has 2 aliphatic heterocycles. The molecule has 2 aliphatic rings. The van der Waals surface area contributed by atoms with Gasteiger partial charge in [0, 0.05) is 69.3 Å². The molecular formula is C27H33ClN8O. The van der Waals surface area contributed by atoms with E-state index in [0.29, 0.717) is 35.4 Å². The van der Waals surface area contributed by atoms with Gasteiger partial charge >= 0.3 is 0 Å². The van der Waals surface area contributed by atoms with Crippen LogP contribution in [0.2, 0.25) is 5.02 Å². The van der Waals surface area contributed by atoms with Gasteiger partial charge in [0.05, 0.1) is 10.4 Å². The summed E-state index contributed by atoms with van der Waals surface area (Å²) in [5, 5.41) is 8.16. The van der Waals surface area contributed by atoms with E-state index in [1.165, 1.54) is 5.69 Å². The maximum absolute atomic E-state index is 12.4. The van der Waals surface area contributed by atoms with Gasteiger partial charge < -0.3 is 30.3 Å². The van der Waals surface area contributed by atoms with Crippen molar-refractivity contribution in [2.75, 3.05) is 61.8 Å². The van der Waals surface area contributed by atoms with Gasteiger partial charge in [0.15, 0.2) is 0 Å². The fourth-order valence-electron chi connectivity index (χ4n) is 4.82. The first kappa shape index (κ1) is 25.2. The summed E-state index contributed by atoms with van der Waals surface area (Å²) in [6.45, 7) is 7.43. The lowest BCUT2D eigenvalue weighted by Crippen LogP contribution is -2.44. The van der Waals surface area contributed by atoms with Crippen molar-refractivity contribution >= 4 is 51.7 Å². The molecule has 194 valence electrons. The minimum absolute atomic E-state index is 0.0425. The number of rotatable bonds is 5. The average molecular weight is 521 g/mol. The van der Waals surface area contributed by atoms with Crippen molar-refractivity contribution in [3.8, 4) is 11.8 Å². The minimum atomic E-state index is -0.122. The van der Waals surface area contributed by atoms with Gasteiger partial charge in [0.25, 0.3) is 5.91 Å². The molecule has 0 radical (unpaired) electrons. The van der Waals surface area contributed by atoms with Crippen molar-refractivity contribution in [1.29, 1.82) is 0 Å². The molecule has 0 aliphatic carbocycles. The number of hydrogen-bond donors (Lipinski definition) is 3. The van der Waals surface area contributed by atoms with E-state index >= 15 is 0 Å². The van der Waals surface area contributed by atoms with E-state index in [9.17, 15) is 4.79 Å². The lowest BCUT2D eigenvalue weighted by atomic mass is 10.1. The average Bonchev–Trinajstić information content (AvgIpc) is 3.29. The summed E-state index contributed by atoms with van der Waals surface area (Å²) in [7, 11) is 2.16. The van der Waals surface area contributed by atoms with E-state index in [1.807, 2.05) is 11.8 Å². The number of nitrogens with zero attached hydrogens (tertiary/aromatic N) is 5. The van der Waals surface area contributed by atoms with Crippen LogP contribution in [0.1, 0.15) is 26.2 Å². The van der Waals surface area contributed by atoms with Crippen molar-refractivity contribution in [3.05, 3.63) is 35.5 Å². The van der Waals surface area contributed by atoms with Crippen molar-refractivity contribution in [2.24, 2.45) is 0 Å². The molecule has 9 nitrogen and oxygen atoms in total. The number of likely N-dealkylation sites (tertiary alicyclic amines) is 1. The summed E-state index contributed by atoms with van der Waals surface area (Å²) in [6, 6.07) is 8.41. The number of likely N-dealkylation sites (N-methyl/N-ethyl adjacent to an activating group) is 1. The third-order valence-corrected chi connectivity index (χ3v) is 7.19. The Balaban J connectivity index is 1.32. The first-order valence-electron chi connectivity index (χ1n) is 12.9. The van der Waals surface area contributed by atoms with E-state index in [2.05, 4.69) is 73.6 Å². The van der Waals surface area contributed by atoms with Crippen LogP contribution in [-0.4, -0.2) is 83.0 Å². The van der Waals surface area contributed by atoms with Crippen molar-refractivity contribution in [2.45, 2.75) is 32.2 Å². The van der Waals surface area contributed by atoms with E-state index < -0.39 is 0 Å². The number of H-pyrrole nitrogens is 1. The van der Waals surface area contributed by atoms with Crippen LogP contribution in [0.15, 0.2) is 30.5 Å². The van der Waals surface area contributed by atoms with Gasteiger partial charge in [-0.1, -0.05) is 24.4 Å². The van der Waals surface area contributed by atoms with Crippen LogP contribution in [0, 0.1) is 11.8 Å². The molecule has 4 heterocycles. The highest BCUT2D eigenvalue weighted by atomic mass is 35.5. The molecule has 3 aromatic rings. The number of halogens is 1. The van der Waals surface area contributed by atoms with Gasteiger partial charge in [0.2, 0.25) is 5.95 Å². The Labute approximate surface area is 222 Å². The number of hydrogen-bond acceptors (Lipinski definition) is 7. The van der Waals surface area contributed by atoms with Gasteiger partial charge in [-0.25, -0.2) is 0 Å². The molecule has 10 heteroatoms. The number of aromatic amines is 1. The van der Waals surface area contributed by atoms with Crippen LogP contribution in [0.5, 0.6) is 0 Å². The number of benzene rings is 1. The Morgan fingerprint density at radius 1 is 1.16 bits per heavy atom. The molecule has 1 aromatic carbocycles. The Hall–Kier alpha value is -3.48. The largest absolute Gasteiger partial charge is 0.369 e. The summed E-state index contributed by atoms with van der Waals surface area (Å²) >= 11 is 6.48. The standard InChI is InChI=1S/C27H33ClN8O/c1-3-4-7-23(37)36-12-5-6-20(18-36)30-26-24-22(28)17-29-25(24)32-27(33-26)31-19-8-10-21(11-9-19)35-15-13-34(2)14-16-35/h8-11,17,20H,3,5-6,12-16,18H2,1-2H3,(H3,29,30,31,32,33). The maximum Gasteiger partial charge on any atom is 0.298 e. The number of fused-ring (bicyclic) bond motifs is 1. The van der Waals surface area contributed by atoms with Crippen molar-refractivity contribution in [3.63, 3.8) is 0 Å². The Morgan fingerprint density at radius 3 is 2.70 bits per heavy atom. The summed E-state index contributed by atoms with van der Waals surface area (Å²) < 4.78 is 0. The molecule has 37 heavy (non-hydrogen) atoms. The molecule has 3 N–H and O–H groups in total. The van der Waals surface area contributed by atoms with Gasteiger partial charge in [0.1, 0.15) is 11.5 Å². The highest BCUT2D eigenvalue weighted by Gasteiger charge is 2.24. The zero-order valence-corrected chi connectivity index (χ0v) is 22.1. The quantitative estimate of drug-likeness (QED) is 0.439. The van der Waals surface area contributed by atoms with E-state index in [4.69, 9.17) is 16.6 Å². The highest BCUT2D eigenvalue weighted by Crippen LogP contribution is 2.31. The Kier molecular flexibility index (Phi) is 7.68. The number of piperidine rings is 1. The number of carbonyl (C=O) groups is 1. The molecule has 1 amide bonds. The molecule has 1 atom stereocenters. The van der Waals surface area contributed by atoms with Gasteiger partial charge in [-0.05, 0) is 50.1 Å². The molecule has 2 aromatic heterocycles. The van der Waals surface area contributed by atoms with Crippen molar-refractivity contribution < 1.29 is 4.79 Å². The highest BCUT2D eigenvalue weighted by molar-refractivity contribution is 6.36. The second-order valence-corrected chi connectivity index (χ2v) is 10.0. The SMILES string of the molecule is CCC#CC(=O)N1CCCC(Nc2nc(Nc3ccc(N4CCN(C)CC4)cc3)nc3[nH]cc(Cl)c23)C1. The predicted molar refractivity (Wildman–Crippen MR) is 150 cm³/mol. The molecule has 2 fully saturated rings. The van der Waals surface area contributed by atoms with Crippen LogP contribution < -0.4 is 15.5 Å². The Morgan fingerprint density at radius 2 is 1.95 bits per heavy atom. The smallest absolute Gasteiger partial charge is 0.298 e. The summed E-state index contributed by atoms with van der Waals surface area (Å²) in [5.74, 6) is 6.60. The predicted octanol–water partition coefficient (Wildman–Crippen LogP) is 3.92. The molecular weight excluding hydrogens is 488 g/mol. The zero-order valence-electron chi connectivity index (χ0n) is 21.4. The lowest BCUT2D eigenvalue weighted by Gasteiger charge is -2.34. The molecule has 0 saturated carbocycles. The molecule has 2 saturated heterocycles. The first-order chi connectivity index (χ1) is 18.0. The number of carbonyl (C=O) groups excluding carboxylic acids is 1. The van der Waals surface area contributed by atoms with Crippen molar-refractivity contribution in [1.82, 2.24) is 24.8 Å². The Bertz CT molecular complexity index is 1300. The second-order valence-electron chi connectivity index (χ2n) is 9.61. The fraction of sp³-hybridized carbons (Fsp3) is 0.444. The summed E-state index contributed by atoms with van der Waals surface area (Å²) in [6.07, 6.45) is 4.21. The molecule has 1 unspecified atom stereocenters. The van der Waals surface area contributed by atoms with Crippen LogP contribution in [0.4, 0.5) is 23.1 Å². The number of amides is 1. The summed E-state index contributed by atoms with van der Waals surface area (Å²) in [5.41, 5.74) is 2.77. The third kappa shape index (κ3) is 5.92.